The molecule has 0 saturated carbocycles. The summed E-state index contributed by atoms with van der Waals surface area (Å²) >= 11 is 3.65. The molecule has 1 aliphatic rings. The third-order valence-corrected chi connectivity index (χ3v) is 4.76. The number of hydrogen-bond acceptors (Lipinski definition) is 3. The minimum absolute atomic E-state index is 0.0734. The Morgan fingerprint density at radius 2 is 2.00 bits per heavy atom. The fraction of sp³-hybridized carbons (Fsp3) is 0.625. The van der Waals surface area contributed by atoms with Crippen LogP contribution in [0.1, 0.15) is 31.4 Å². The minimum Gasteiger partial charge on any atom is -0.371 e. The third kappa shape index (κ3) is 3.96. The molecule has 1 aliphatic heterocycles. The second kappa shape index (κ2) is 6.92. The number of anilines is 1. The van der Waals surface area contributed by atoms with Gasteiger partial charge in [-0.25, -0.2) is 0 Å². The Bertz CT molecular complexity index is 437. The largest absolute Gasteiger partial charge is 0.371 e. The SMILES string of the molecule is C[C@@H](N)c1ccc(N2CCC(CN(C)C)CC2)cc1Br. The molecule has 1 fully saturated rings. The highest BCUT2D eigenvalue weighted by atomic mass is 79.9. The maximum Gasteiger partial charge on any atom is 0.0377 e. The molecule has 2 N–H and O–H groups in total. The zero-order valence-corrected chi connectivity index (χ0v) is 14.4. The summed E-state index contributed by atoms with van der Waals surface area (Å²) in [5.41, 5.74) is 8.45. The van der Waals surface area contributed by atoms with Crippen LogP contribution in [-0.4, -0.2) is 38.6 Å². The number of nitrogens with two attached hydrogens (primary N) is 1. The fourth-order valence-electron chi connectivity index (χ4n) is 2.97. The van der Waals surface area contributed by atoms with E-state index in [9.17, 15) is 0 Å². The van der Waals surface area contributed by atoms with Crippen LogP contribution in [0.25, 0.3) is 0 Å². The summed E-state index contributed by atoms with van der Waals surface area (Å²) in [6, 6.07) is 6.64. The Hall–Kier alpha value is -0.580. The molecule has 20 heavy (non-hydrogen) atoms. The second-order valence-corrected chi connectivity index (χ2v) is 7.04. The molecule has 112 valence electrons. The predicted molar refractivity (Wildman–Crippen MR) is 90.2 cm³/mol. The number of benzene rings is 1. The van der Waals surface area contributed by atoms with Gasteiger partial charge in [0.05, 0.1) is 0 Å². The molecule has 0 bridgehead atoms. The first-order valence-corrected chi connectivity index (χ1v) is 8.21. The van der Waals surface area contributed by atoms with Gasteiger partial charge >= 0.3 is 0 Å². The van der Waals surface area contributed by atoms with Crippen molar-refractivity contribution in [2.45, 2.75) is 25.8 Å². The lowest BCUT2D eigenvalue weighted by Gasteiger charge is -2.35. The topological polar surface area (TPSA) is 32.5 Å². The van der Waals surface area contributed by atoms with Crippen LogP contribution < -0.4 is 10.6 Å². The maximum atomic E-state index is 5.96. The Morgan fingerprint density at radius 1 is 1.35 bits per heavy atom. The first kappa shape index (κ1) is 15.8. The van der Waals surface area contributed by atoms with Gasteiger partial charge in [-0.05, 0) is 57.5 Å². The Morgan fingerprint density at radius 3 is 2.50 bits per heavy atom. The van der Waals surface area contributed by atoms with Crippen LogP contribution >= 0.6 is 15.9 Å². The zero-order chi connectivity index (χ0) is 14.7. The van der Waals surface area contributed by atoms with Crippen molar-refractivity contribution in [3.8, 4) is 0 Å². The van der Waals surface area contributed by atoms with Crippen molar-refractivity contribution in [3.63, 3.8) is 0 Å². The van der Waals surface area contributed by atoms with Crippen molar-refractivity contribution in [2.75, 3.05) is 38.6 Å². The standard InChI is InChI=1S/C16H26BrN3/c1-12(18)15-5-4-14(10-16(15)17)20-8-6-13(7-9-20)11-19(2)3/h4-5,10,12-13H,6-9,11,18H2,1-3H3/t12-/m1/s1. The van der Waals surface area contributed by atoms with Crippen molar-refractivity contribution in [1.29, 1.82) is 0 Å². The van der Waals surface area contributed by atoms with E-state index in [0.717, 1.165) is 23.5 Å². The van der Waals surface area contributed by atoms with Gasteiger partial charge in [0.25, 0.3) is 0 Å². The number of rotatable bonds is 4. The van der Waals surface area contributed by atoms with Crippen LogP contribution in [0.3, 0.4) is 0 Å². The molecule has 0 unspecified atom stereocenters. The van der Waals surface area contributed by atoms with Crippen LogP contribution in [0.4, 0.5) is 5.69 Å². The first-order valence-electron chi connectivity index (χ1n) is 7.42. The highest BCUT2D eigenvalue weighted by Gasteiger charge is 2.20. The molecule has 1 saturated heterocycles. The van der Waals surface area contributed by atoms with Gasteiger partial charge in [0.2, 0.25) is 0 Å². The summed E-state index contributed by atoms with van der Waals surface area (Å²) in [5.74, 6) is 0.841. The highest BCUT2D eigenvalue weighted by molar-refractivity contribution is 9.10. The van der Waals surface area contributed by atoms with Gasteiger partial charge in [-0.2, -0.15) is 0 Å². The zero-order valence-electron chi connectivity index (χ0n) is 12.8. The molecule has 3 nitrogen and oxygen atoms in total. The fourth-order valence-corrected chi connectivity index (χ4v) is 3.70. The van der Waals surface area contributed by atoms with Gasteiger partial charge in [0, 0.05) is 35.8 Å². The molecule has 0 aliphatic carbocycles. The number of nitrogens with zero attached hydrogens (tertiary/aromatic N) is 2. The molecular formula is C16H26BrN3. The number of hydrogen-bond donors (Lipinski definition) is 1. The molecule has 0 radical (unpaired) electrons. The monoisotopic (exact) mass is 339 g/mol. The van der Waals surface area contributed by atoms with Crippen molar-refractivity contribution in [3.05, 3.63) is 28.2 Å². The van der Waals surface area contributed by atoms with E-state index in [2.05, 4.69) is 58.0 Å². The van der Waals surface area contributed by atoms with E-state index in [1.165, 1.54) is 30.6 Å². The molecule has 0 spiro atoms. The summed E-state index contributed by atoms with van der Waals surface area (Å²) in [5, 5.41) is 0. The van der Waals surface area contributed by atoms with E-state index in [1.807, 2.05) is 6.92 Å². The lowest BCUT2D eigenvalue weighted by Crippen LogP contribution is -2.37. The molecule has 1 aromatic rings. The van der Waals surface area contributed by atoms with Crippen LogP contribution in [0.15, 0.2) is 22.7 Å². The highest BCUT2D eigenvalue weighted by Crippen LogP contribution is 2.30. The molecule has 1 aromatic carbocycles. The lowest BCUT2D eigenvalue weighted by molar-refractivity contribution is 0.285. The summed E-state index contributed by atoms with van der Waals surface area (Å²) in [4.78, 5) is 4.79. The van der Waals surface area contributed by atoms with Crippen molar-refractivity contribution < 1.29 is 0 Å². The van der Waals surface area contributed by atoms with Gasteiger partial charge in [-0.1, -0.05) is 22.0 Å². The quantitative estimate of drug-likeness (QED) is 0.913. The van der Waals surface area contributed by atoms with Crippen molar-refractivity contribution in [1.82, 2.24) is 4.90 Å². The number of piperidine rings is 1. The van der Waals surface area contributed by atoms with E-state index >= 15 is 0 Å². The molecule has 0 amide bonds. The summed E-state index contributed by atoms with van der Waals surface area (Å²) in [7, 11) is 4.33. The van der Waals surface area contributed by atoms with E-state index in [0.29, 0.717) is 0 Å². The van der Waals surface area contributed by atoms with Gasteiger partial charge in [-0.3, -0.25) is 0 Å². The average molecular weight is 340 g/mol. The van der Waals surface area contributed by atoms with Crippen LogP contribution in [0, 0.1) is 5.92 Å². The molecule has 0 aromatic heterocycles. The Labute approximate surface area is 131 Å². The normalized spacial score (nSPS) is 18.6. The van der Waals surface area contributed by atoms with Crippen molar-refractivity contribution in [2.24, 2.45) is 11.7 Å². The number of halogens is 1. The summed E-state index contributed by atoms with van der Waals surface area (Å²) in [6.45, 7) is 5.54. The van der Waals surface area contributed by atoms with E-state index in [1.54, 1.807) is 0 Å². The predicted octanol–water partition coefficient (Wildman–Crippen LogP) is 3.25. The van der Waals surface area contributed by atoms with Crippen LogP contribution in [-0.2, 0) is 0 Å². The second-order valence-electron chi connectivity index (χ2n) is 6.19. The average Bonchev–Trinajstić information content (AvgIpc) is 2.38. The van der Waals surface area contributed by atoms with Gasteiger partial charge in [0.1, 0.15) is 0 Å². The van der Waals surface area contributed by atoms with Gasteiger partial charge in [0.15, 0.2) is 0 Å². The first-order chi connectivity index (χ1) is 9.47. The molecule has 4 heteroatoms. The van der Waals surface area contributed by atoms with E-state index < -0.39 is 0 Å². The Balaban J connectivity index is 1.98. The van der Waals surface area contributed by atoms with Crippen LogP contribution in [0.5, 0.6) is 0 Å². The third-order valence-electron chi connectivity index (χ3n) is 4.08. The lowest BCUT2D eigenvalue weighted by atomic mass is 9.96. The molecule has 2 rings (SSSR count). The van der Waals surface area contributed by atoms with Crippen molar-refractivity contribution >= 4 is 21.6 Å². The maximum absolute atomic E-state index is 5.96. The molecular weight excluding hydrogens is 314 g/mol. The van der Waals surface area contributed by atoms with E-state index in [4.69, 9.17) is 5.73 Å². The molecule has 1 heterocycles. The smallest absolute Gasteiger partial charge is 0.0377 e. The van der Waals surface area contributed by atoms with E-state index in [-0.39, 0.29) is 6.04 Å². The van der Waals surface area contributed by atoms with Gasteiger partial charge < -0.3 is 15.5 Å². The van der Waals surface area contributed by atoms with Crippen LogP contribution in [0.2, 0.25) is 0 Å². The van der Waals surface area contributed by atoms with Gasteiger partial charge in [-0.15, -0.1) is 0 Å². The Kier molecular flexibility index (Phi) is 5.47. The minimum atomic E-state index is 0.0734. The molecule has 1 atom stereocenters. The summed E-state index contributed by atoms with van der Waals surface area (Å²) in [6.07, 6.45) is 2.57. The summed E-state index contributed by atoms with van der Waals surface area (Å²) < 4.78 is 1.13.